The van der Waals surface area contributed by atoms with E-state index in [1.165, 1.54) is 0 Å². The van der Waals surface area contributed by atoms with Crippen molar-refractivity contribution < 1.29 is 4.74 Å². The first kappa shape index (κ1) is 16.5. The minimum Gasteiger partial charge on any atom is -0.375 e. The van der Waals surface area contributed by atoms with Crippen molar-refractivity contribution in [1.82, 2.24) is 14.9 Å². The lowest BCUT2D eigenvalue weighted by atomic mass is 9.97. The number of ether oxygens (including phenoxy) is 1. The third-order valence-corrected chi connectivity index (χ3v) is 4.89. The average Bonchev–Trinajstić information content (AvgIpc) is 2.49. The largest absolute Gasteiger partial charge is 0.375 e. The maximum Gasteiger partial charge on any atom is 0.293 e. The molecule has 0 aliphatic carbocycles. The van der Waals surface area contributed by atoms with Crippen LogP contribution in [0, 0.1) is 0 Å². The number of hydrogen-bond acceptors (Lipinski definition) is 5. The van der Waals surface area contributed by atoms with Crippen LogP contribution in [0.25, 0.3) is 0 Å². The molecule has 128 valence electrons. The Morgan fingerprint density at radius 1 is 1.26 bits per heavy atom. The van der Waals surface area contributed by atoms with Crippen LogP contribution in [0.3, 0.4) is 0 Å². The minimum atomic E-state index is -0.0125. The van der Waals surface area contributed by atoms with E-state index in [0.717, 1.165) is 38.8 Å². The van der Waals surface area contributed by atoms with Gasteiger partial charge in [-0.05, 0) is 39.5 Å². The van der Waals surface area contributed by atoms with Crippen LogP contribution in [0.4, 0.5) is 5.82 Å². The molecule has 0 radical (unpaired) electrons. The second kappa shape index (κ2) is 7.01. The summed E-state index contributed by atoms with van der Waals surface area (Å²) < 4.78 is 7.42. The number of hydrogen-bond donors (Lipinski definition) is 1. The summed E-state index contributed by atoms with van der Waals surface area (Å²) in [6.07, 6.45) is 8.41. The lowest BCUT2D eigenvalue weighted by molar-refractivity contribution is -0.0437. The monoisotopic (exact) mass is 320 g/mol. The summed E-state index contributed by atoms with van der Waals surface area (Å²) >= 11 is 0. The molecule has 0 bridgehead atoms. The molecule has 2 saturated heterocycles. The molecule has 1 N–H and O–H groups in total. The summed E-state index contributed by atoms with van der Waals surface area (Å²) in [5, 5.41) is 3.79. The van der Waals surface area contributed by atoms with Gasteiger partial charge in [-0.15, -0.1) is 0 Å². The van der Waals surface area contributed by atoms with Gasteiger partial charge in [0.05, 0.1) is 12.2 Å². The van der Waals surface area contributed by atoms with Gasteiger partial charge in [0.15, 0.2) is 5.82 Å². The van der Waals surface area contributed by atoms with Crippen LogP contribution in [0.15, 0.2) is 17.2 Å². The smallest absolute Gasteiger partial charge is 0.293 e. The SMILES string of the molecule is C[C@@H]1CC(N[C@@H]2CCCN(c3nccn(C)c3=O)C2)C[C@H](C)O1. The van der Waals surface area contributed by atoms with Crippen LogP contribution >= 0.6 is 0 Å². The van der Waals surface area contributed by atoms with Crippen molar-refractivity contribution in [2.45, 2.75) is 63.8 Å². The highest BCUT2D eigenvalue weighted by Gasteiger charge is 2.29. The highest BCUT2D eigenvalue weighted by atomic mass is 16.5. The number of nitrogens with zero attached hydrogens (tertiary/aromatic N) is 3. The van der Waals surface area contributed by atoms with Crippen LogP contribution in [0.2, 0.25) is 0 Å². The van der Waals surface area contributed by atoms with Crippen LogP contribution in [-0.4, -0.2) is 46.9 Å². The first-order chi connectivity index (χ1) is 11.0. The zero-order chi connectivity index (χ0) is 16.4. The second-order valence-electron chi connectivity index (χ2n) is 7.04. The number of nitrogens with one attached hydrogen (secondary N) is 1. The van der Waals surface area contributed by atoms with Crippen molar-refractivity contribution in [3.05, 3.63) is 22.7 Å². The van der Waals surface area contributed by atoms with E-state index in [-0.39, 0.29) is 5.56 Å². The molecule has 0 saturated carbocycles. The molecule has 2 aliphatic rings. The van der Waals surface area contributed by atoms with E-state index < -0.39 is 0 Å². The molecule has 2 aliphatic heterocycles. The summed E-state index contributed by atoms with van der Waals surface area (Å²) in [6, 6.07) is 0.920. The van der Waals surface area contributed by atoms with Gasteiger partial charge in [0.2, 0.25) is 0 Å². The van der Waals surface area contributed by atoms with Crippen molar-refractivity contribution in [3.63, 3.8) is 0 Å². The minimum absolute atomic E-state index is 0.0125. The van der Waals surface area contributed by atoms with Gasteiger partial charge in [0.25, 0.3) is 5.56 Å². The van der Waals surface area contributed by atoms with E-state index in [9.17, 15) is 4.79 Å². The lowest BCUT2D eigenvalue weighted by Crippen LogP contribution is -2.53. The molecule has 1 unspecified atom stereocenters. The first-order valence-corrected chi connectivity index (χ1v) is 8.71. The highest BCUT2D eigenvalue weighted by molar-refractivity contribution is 5.36. The third-order valence-electron chi connectivity index (χ3n) is 4.89. The molecule has 0 spiro atoms. The summed E-state index contributed by atoms with van der Waals surface area (Å²) in [7, 11) is 1.78. The van der Waals surface area contributed by atoms with Gasteiger partial charge in [0, 0.05) is 44.6 Å². The van der Waals surface area contributed by atoms with Gasteiger partial charge in [-0.25, -0.2) is 4.98 Å². The molecule has 1 aromatic heterocycles. The van der Waals surface area contributed by atoms with E-state index in [1.807, 2.05) is 0 Å². The van der Waals surface area contributed by atoms with E-state index in [4.69, 9.17) is 4.74 Å². The van der Waals surface area contributed by atoms with E-state index in [0.29, 0.717) is 30.1 Å². The van der Waals surface area contributed by atoms with Crippen LogP contribution in [0.1, 0.15) is 39.5 Å². The van der Waals surface area contributed by atoms with E-state index in [1.54, 1.807) is 24.0 Å². The summed E-state index contributed by atoms with van der Waals surface area (Å²) in [6.45, 7) is 6.06. The fourth-order valence-corrected chi connectivity index (χ4v) is 3.88. The maximum absolute atomic E-state index is 12.3. The molecular weight excluding hydrogens is 292 g/mol. The first-order valence-electron chi connectivity index (χ1n) is 8.71. The lowest BCUT2D eigenvalue weighted by Gasteiger charge is -2.39. The number of piperidine rings is 1. The number of aromatic nitrogens is 2. The molecule has 2 fully saturated rings. The zero-order valence-corrected chi connectivity index (χ0v) is 14.4. The van der Waals surface area contributed by atoms with Crippen molar-refractivity contribution in [1.29, 1.82) is 0 Å². The normalized spacial score (nSPS) is 32.0. The standard InChI is InChI=1S/C17H28N4O2/c1-12-9-15(10-13(2)23-12)19-14-5-4-7-21(11-14)16-17(22)20(3)8-6-18-16/h6,8,12-15,19H,4-5,7,9-11H2,1-3H3/t12-,13+,14-,15?/m1/s1. The summed E-state index contributed by atoms with van der Waals surface area (Å²) in [5.74, 6) is 0.579. The highest BCUT2D eigenvalue weighted by Crippen LogP contribution is 2.21. The third kappa shape index (κ3) is 3.93. The molecule has 6 heteroatoms. The van der Waals surface area contributed by atoms with Crippen LogP contribution < -0.4 is 15.8 Å². The van der Waals surface area contributed by atoms with Gasteiger partial charge >= 0.3 is 0 Å². The number of aryl methyl sites for hydroxylation is 1. The molecular formula is C17H28N4O2. The van der Waals surface area contributed by atoms with E-state index >= 15 is 0 Å². The fourth-order valence-electron chi connectivity index (χ4n) is 3.88. The Bertz CT molecular complexity index is 578. The molecule has 3 rings (SSSR count). The van der Waals surface area contributed by atoms with E-state index in [2.05, 4.69) is 29.0 Å². The topological polar surface area (TPSA) is 59.4 Å². The molecule has 0 amide bonds. The van der Waals surface area contributed by atoms with Gasteiger partial charge in [-0.2, -0.15) is 0 Å². The van der Waals surface area contributed by atoms with Gasteiger partial charge in [-0.1, -0.05) is 0 Å². The van der Waals surface area contributed by atoms with Crippen molar-refractivity contribution in [3.8, 4) is 0 Å². The Balaban J connectivity index is 1.64. The average molecular weight is 320 g/mol. The van der Waals surface area contributed by atoms with Crippen molar-refractivity contribution >= 4 is 5.82 Å². The Hall–Kier alpha value is -1.40. The Kier molecular flexibility index (Phi) is 5.02. The summed E-state index contributed by atoms with van der Waals surface area (Å²) in [5.41, 5.74) is -0.0125. The quantitative estimate of drug-likeness (QED) is 0.909. The summed E-state index contributed by atoms with van der Waals surface area (Å²) in [4.78, 5) is 18.7. The predicted molar refractivity (Wildman–Crippen MR) is 90.9 cm³/mol. The van der Waals surface area contributed by atoms with Crippen LogP contribution in [0.5, 0.6) is 0 Å². The molecule has 0 aromatic carbocycles. The van der Waals surface area contributed by atoms with Gasteiger partial charge in [-0.3, -0.25) is 4.79 Å². The molecule has 23 heavy (non-hydrogen) atoms. The fraction of sp³-hybridized carbons (Fsp3) is 0.765. The number of rotatable bonds is 3. The zero-order valence-electron chi connectivity index (χ0n) is 14.4. The molecule has 4 atom stereocenters. The Morgan fingerprint density at radius 2 is 2.00 bits per heavy atom. The molecule has 6 nitrogen and oxygen atoms in total. The van der Waals surface area contributed by atoms with Gasteiger partial charge < -0.3 is 19.5 Å². The second-order valence-corrected chi connectivity index (χ2v) is 7.04. The van der Waals surface area contributed by atoms with Crippen LogP contribution in [-0.2, 0) is 11.8 Å². The number of anilines is 1. The Labute approximate surface area is 137 Å². The predicted octanol–water partition coefficient (Wildman–Crippen LogP) is 1.29. The molecule has 1 aromatic rings. The maximum atomic E-state index is 12.3. The molecule has 3 heterocycles. The van der Waals surface area contributed by atoms with Gasteiger partial charge in [0.1, 0.15) is 0 Å². The van der Waals surface area contributed by atoms with Crippen molar-refractivity contribution in [2.75, 3.05) is 18.0 Å². The van der Waals surface area contributed by atoms with Crippen molar-refractivity contribution in [2.24, 2.45) is 7.05 Å². The Morgan fingerprint density at radius 3 is 2.74 bits per heavy atom.